The van der Waals surface area contributed by atoms with Gasteiger partial charge in [-0.05, 0) is 30.2 Å². The lowest BCUT2D eigenvalue weighted by atomic mass is 9.89. The summed E-state index contributed by atoms with van der Waals surface area (Å²) in [6, 6.07) is 14.8. The highest BCUT2D eigenvalue weighted by atomic mass is 16.5. The summed E-state index contributed by atoms with van der Waals surface area (Å²) in [6.07, 6.45) is 0.463. The summed E-state index contributed by atoms with van der Waals surface area (Å²) in [6.45, 7) is 1.53. The number of benzene rings is 2. The Morgan fingerprint density at radius 3 is 2.21 bits per heavy atom. The molecule has 2 aromatic rings. The summed E-state index contributed by atoms with van der Waals surface area (Å²) >= 11 is 0. The van der Waals surface area contributed by atoms with Gasteiger partial charge in [0.25, 0.3) is 0 Å². The molecule has 126 valence electrons. The van der Waals surface area contributed by atoms with Crippen molar-refractivity contribution in [2.75, 3.05) is 14.2 Å². The predicted octanol–water partition coefficient (Wildman–Crippen LogP) is 3.58. The van der Waals surface area contributed by atoms with Gasteiger partial charge in [0.15, 0.2) is 11.5 Å². The molecule has 1 unspecified atom stereocenters. The molecule has 0 N–H and O–H groups in total. The zero-order chi connectivity index (χ0) is 17.5. The second-order valence-corrected chi connectivity index (χ2v) is 5.68. The van der Waals surface area contributed by atoms with Crippen LogP contribution in [0, 0.1) is 0 Å². The Bertz CT molecular complexity index is 707. The number of carbonyl (C=O) groups excluding carboxylic acids is 2. The highest BCUT2D eigenvalue weighted by molar-refractivity contribution is 5.91. The minimum Gasteiger partial charge on any atom is -0.493 e. The summed E-state index contributed by atoms with van der Waals surface area (Å²) in [5.41, 5.74) is 1.72. The summed E-state index contributed by atoms with van der Waals surface area (Å²) in [5.74, 6) is 0.848. The first-order chi connectivity index (χ1) is 11.5. The monoisotopic (exact) mass is 326 g/mol. The molecule has 0 heterocycles. The lowest BCUT2D eigenvalue weighted by Gasteiger charge is -2.14. The molecule has 0 saturated carbocycles. The summed E-state index contributed by atoms with van der Waals surface area (Å²) in [4.78, 5) is 24.4. The minimum absolute atomic E-state index is 0.00172. The number of hydrogen-bond donors (Lipinski definition) is 0. The van der Waals surface area contributed by atoms with Gasteiger partial charge in [-0.3, -0.25) is 9.59 Å². The molecule has 0 saturated heterocycles. The molecule has 0 spiro atoms. The number of Topliss-reactive ketones (excluding diaryl/α,β-unsaturated/α-hetero) is 2. The number of hydrogen-bond acceptors (Lipinski definition) is 4. The summed E-state index contributed by atoms with van der Waals surface area (Å²) in [5, 5.41) is 0. The maximum absolute atomic E-state index is 12.4. The van der Waals surface area contributed by atoms with Crippen LogP contribution in [0.4, 0.5) is 0 Å². The maximum Gasteiger partial charge on any atom is 0.161 e. The van der Waals surface area contributed by atoms with E-state index in [0.717, 1.165) is 11.1 Å². The van der Waals surface area contributed by atoms with Crippen molar-refractivity contribution >= 4 is 11.6 Å². The Balaban J connectivity index is 2.10. The van der Waals surface area contributed by atoms with Crippen LogP contribution in [-0.2, 0) is 16.0 Å². The van der Waals surface area contributed by atoms with Crippen molar-refractivity contribution in [3.05, 3.63) is 59.7 Å². The largest absolute Gasteiger partial charge is 0.493 e. The van der Waals surface area contributed by atoms with E-state index < -0.39 is 0 Å². The van der Waals surface area contributed by atoms with Gasteiger partial charge in [-0.15, -0.1) is 0 Å². The quantitative estimate of drug-likeness (QED) is 0.744. The van der Waals surface area contributed by atoms with Crippen molar-refractivity contribution in [1.82, 2.24) is 0 Å². The molecule has 1 atom stereocenters. The van der Waals surface area contributed by atoms with Crippen molar-refractivity contribution in [2.45, 2.75) is 25.7 Å². The van der Waals surface area contributed by atoms with Crippen molar-refractivity contribution < 1.29 is 19.1 Å². The zero-order valence-electron chi connectivity index (χ0n) is 14.2. The van der Waals surface area contributed by atoms with Gasteiger partial charge < -0.3 is 9.47 Å². The standard InChI is InChI=1S/C20H22O4/c1-14(21)18(16-7-5-4-6-8-16)13-17(22)11-15-9-10-19(23-2)20(12-15)24-3/h4-10,12,18H,11,13H2,1-3H3. The van der Waals surface area contributed by atoms with Gasteiger partial charge in [-0.25, -0.2) is 0 Å². The van der Waals surface area contributed by atoms with E-state index >= 15 is 0 Å². The van der Waals surface area contributed by atoms with Gasteiger partial charge in [0.1, 0.15) is 11.6 Å². The molecule has 0 aliphatic rings. The normalized spacial score (nSPS) is 11.6. The van der Waals surface area contributed by atoms with Gasteiger partial charge in [0.2, 0.25) is 0 Å². The minimum atomic E-state index is -0.390. The van der Waals surface area contributed by atoms with Crippen molar-refractivity contribution in [3.63, 3.8) is 0 Å². The first-order valence-electron chi connectivity index (χ1n) is 7.83. The number of ketones is 2. The third kappa shape index (κ3) is 4.44. The van der Waals surface area contributed by atoms with Crippen LogP contribution in [0.15, 0.2) is 48.5 Å². The Morgan fingerprint density at radius 2 is 1.62 bits per heavy atom. The number of methoxy groups -OCH3 is 2. The Hall–Kier alpha value is -2.62. The molecule has 2 aromatic carbocycles. The van der Waals surface area contributed by atoms with E-state index in [0.29, 0.717) is 11.5 Å². The molecule has 0 radical (unpaired) electrons. The van der Waals surface area contributed by atoms with E-state index in [-0.39, 0.29) is 30.3 Å². The van der Waals surface area contributed by atoms with E-state index in [9.17, 15) is 9.59 Å². The highest BCUT2D eigenvalue weighted by Gasteiger charge is 2.20. The van der Waals surface area contributed by atoms with Gasteiger partial charge in [0, 0.05) is 18.8 Å². The van der Waals surface area contributed by atoms with Crippen LogP contribution in [0.5, 0.6) is 11.5 Å². The molecule has 0 aliphatic heterocycles. The molecule has 0 bridgehead atoms. The predicted molar refractivity (Wildman–Crippen MR) is 92.7 cm³/mol. The molecule has 4 nitrogen and oxygen atoms in total. The smallest absolute Gasteiger partial charge is 0.161 e. The average Bonchev–Trinajstić information content (AvgIpc) is 2.60. The Morgan fingerprint density at radius 1 is 0.958 bits per heavy atom. The molecule has 24 heavy (non-hydrogen) atoms. The van der Waals surface area contributed by atoms with Crippen LogP contribution in [0.3, 0.4) is 0 Å². The fraction of sp³-hybridized carbons (Fsp3) is 0.300. The Kier molecular flexibility index (Phi) is 6.13. The van der Waals surface area contributed by atoms with Crippen LogP contribution in [0.2, 0.25) is 0 Å². The van der Waals surface area contributed by atoms with Crippen molar-refractivity contribution in [1.29, 1.82) is 0 Å². The molecule has 0 aliphatic carbocycles. The Labute approximate surface area is 142 Å². The van der Waals surface area contributed by atoms with Crippen LogP contribution in [0.1, 0.15) is 30.4 Å². The first kappa shape index (κ1) is 17.7. The van der Waals surface area contributed by atoms with Crippen LogP contribution < -0.4 is 9.47 Å². The van der Waals surface area contributed by atoms with E-state index in [1.165, 1.54) is 6.92 Å². The van der Waals surface area contributed by atoms with E-state index in [4.69, 9.17) is 9.47 Å². The fourth-order valence-electron chi connectivity index (χ4n) is 2.70. The van der Waals surface area contributed by atoms with Crippen molar-refractivity contribution in [2.24, 2.45) is 0 Å². The maximum atomic E-state index is 12.4. The topological polar surface area (TPSA) is 52.6 Å². The van der Waals surface area contributed by atoms with Gasteiger partial charge in [-0.1, -0.05) is 36.4 Å². The van der Waals surface area contributed by atoms with E-state index in [1.807, 2.05) is 36.4 Å². The van der Waals surface area contributed by atoms with Gasteiger partial charge in [0.05, 0.1) is 14.2 Å². The lowest BCUT2D eigenvalue weighted by Crippen LogP contribution is -2.15. The van der Waals surface area contributed by atoms with E-state index in [2.05, 4.69) is 0 Å². The third-order valence-corrected chi connectivity index (χ3v) is 3.97. The first-order valence-corrected chi connectivity index (χ1v) is 7.83. The molecular weight excluding hydrogens is 304 g/mol. The molecule has 0 aromatic heterocycles. The highest BCUT2D eigenvalue weighted by Crippen LogP contribution is 2.28. The van der Waals surface area contributed by atoms with Crippen LogP contribution >= 0.6 is 0 Å². The third-order valence-electron chi connectivity index (χ3n) is 3.97. The van der Waals surface area contributed by atoms with Crippen LogP contribution in [-0.4, -0.2) is 25.8 Å². The number of ether oxygens (including phenoxy) is 2. The zero-order valence-corrected chi connectivity index (χ0v) is 14.2. The van der Waals surface area contributed by atoms with E-state index in [1.54, 1.807) is 26.4 Å². The molecule has 2 rings (SSSR count). The lowest BCUT2D eigenvalue weighted by molar-refractivity contribution is -0.124. The summed E-state index contributed by atoms with van der Waals surface area (Å²) < 4.78 is 10.5. The molecule has 0 fully saturated rings. The molecule has 0 amide bonds. The second kappa shape index (κ2) is 8.29. The molecule has 4 heteroatoms. The summed E-state index contributed by atoms with van der Waals surface area (Å²) in [7, 11) is 3.13. The van der Waals surface area contributed by atoms with Crippen molar-refractivity contribution in [3.8, 4) is 11.5 Å². The molecular formula is C20H22O4. The average molecular weight is 326 g/mol. The van der Waals surface area contributed by atoms with Gasteiger partial charge >= 0.3 is 0 Å². The van der Waals surface area contributed by atoms with Gasteiger partial charge in [-0.2, -0.15) is 0 Å². The SMILES string of the molecule is COc1ccc(CC(=O)CC(C(C)=O)c2ccccc2)cc1OC. The second-order valence-electron chi connectivity index (χ2n) is 5.68. The fourth-order valence-corrected chi connectivity index (χ4v) is 2.70. The van der Waals surface area contributed by atoms with Crippen LogP contribution in [0.25, 0.3) is 0 Å². The number of carbonyl (C=O) groups is 2. The number of rotatable bonds is 8.